The predicted molar refractivity (Wildman–Crippen MR) is 99.8 cm³/mol. The van der Waals surface area contributed by atoms with E-state index >= 15 is 0 Å². The number of aromatic nitrogens is 1. The van der Waals surface area contributed by atoms with Gasteiger partial charge in [-0.15, -0.1) is 12.4 Å². The number of hydrogen-bond acceptors (Lipinski definition) is 5. The Labute approximate surface area is 153 Å². The van der Waals surface area contributed by atoms with Gasteiger partial charge in [-0.25, -0.2) is 0 Å². The molecule has 3 rings (SSSR count). The van der Waals surface area contributed by atoms with Gasteiger partial charge >= 0.3 is 0 Å². The van der Waals surface area contributed by atoms with Crippen LogP contribution in [-0.4, -0.2) is 36.2 Å². The molecule has 25 heavy (non-hydrogen) atoms. The van der Waals surface area contributed by atoms with Crippen molar-refractivity contribution in [3.63, 3.8) is 0 Å². The quantitative estimate of drug-likeness (QED) is 0.850. The molecule has 136 valence electrons. The molecule has 6 nitrogen and oxygen atoms in total. The van der Waals surface area contributed by atoms with E-state index in [1.54, 1.807) is 18.3 Å². The van der Waals surface area contributed by atoms with Crippen LogP contribution in [0.5, 0.6) is 11.5 Å². The lowest BCUT2D eigenvalue weighted by molar-refractivity contribution is 0.0994. The number of carbonyl (C=O) groups excluding carboxylic acids is 1. The Balaban J connectivity index is 0.00000225. The fraction of sp³-hybridized carbons (Fsp3) is 0.444. The third kappa shape index (κ3) is 4.52. The van der Waals surface area contributed by atoms with Gasteiger partial charge in [0, 0.05) is 18.1 Å². The standard InChI is InChI=1S/C18H23N3O3.ClH/c1-11(2)23-17-9-13-15(8-14(17)18(19)22)21-7-5-16(13)24-12-4-3-6-20-10-12;/h5,7-9,11-12,20H,3-4,6,10H2,1-2H3,(H2,19,22);1H. The zero-order chi connectivity index (χ0) is 17.1. The van der Waals surface area contributed by atoms with Crippen molar-refractivity contribution >= 4 is 29.2 Å². The zero-order valence-electron chi connectivity index (χ0n) is 14.5. The van der Waals surface area contributed by atoms with E-state index in [0.717, 1.165) is 37.1 Å². The summed E-state index contributed by atoms with van der Waals surface area (Å²) < 4.78 is 11.9. The topological polar surface area (TPSA) is 86.5 Å². The lowest BCUT2D eigenvalue weighted by atomic mass is 10.1. The summed E-state index contributed by atoms with van der Waals surface area (Å²) in [5.41, 5.74) is 6.48. The minimum Gasteiger partial charge on any atom is -0.490 e. The molecule has 1 aromatic heterocycles. The first-order chi connectivity index (χ1) is 11.5. The number of nitrogens with two attached hydrogens (primary N) is 1. The summed E-state index contributed by atoms with van der Waals surface area (Å²) in [4.78, 5) is 16.1. The van der Waals surface area contributed by atoms with Crippen LogP contribution >= 0.6 is 12.4 Å². The third-order valence-corrected chi connectivity index (χ3v) is 3.98. The van der Waals surface area contributed by atoms with Crippen LogP contribution < -0.4 is 20.5 Å². The molecule has 2 aromatic rings. The molecule has 1 amide bonds. The van der Waals surface area contributed by atoms with E-state index in [9.17, 15) is 4.79 Å². The van der Waals surface area contributed by atoms with Crippen molar-refractivity contribution in [1.29, 1.82) is 0 Å². The number of benzene rings is 1. The molecule has 1 unspecified atom stereocenters. The van der Waals surface area contributed by atoms with Gasteiger partial charge in [-0.05, 0) is 51.4 Å². The molecule has 7 heteroatoms. The highest BCUT2D eigenvalue weighted by Gasteiger charge is 2.18. The Hall–Kier alpha value is -2.05. The van der Waals surface area contributed by atoms with Gasteiger partial charge in [-0.2, -0.15) is 0 Å². The number of amides is 1. The Bertz CT molecular complexity index is 746. The van der Waals surface area contributed by atoms with Crippen molar-refractivity contribution in [2.24, 2.45) is 5.73 Å². The number of fused-ring (bicyclic) bond motifs is 1. The second kappa shape index (κ2) is 8.36. The van der Waals surface area contributed by atoms with Gasteiger partial charge in [-0.1, -0.05) is 0 Å². The molecule has 0 saturated carbocycles. The summed E-state index contributed by atoms with van der Waals surface area (Å²) in [5.74, 6) is 0.681. The molecular weight excluding hydrogens is 342 g/mol. The van der Waals surface area contributed by atoms with E-state index in [1.165, 1.54) is 0 Å². The maximum absolute atomic E-state index is 11.7. The highest BCUT2D eigenvalue weighted by atomic mass is 35.5. The van der Waals surface area contributed by atoms with Crippen LogP contribution in [0.1, 0.15) is 37.0 Å². The highest BCUT2D eigenvalue weighted by Crippen LogP contribution is 2.32. The monoisotopic (exact) mass is 365 g/mol. The predicted octanol–water partition coefficient (Wildman–Crippen LogP) is 2.67. The van der Waals surface area contributed by atoms with Crippen LogP contribution in [0.15, 0.2) is 24.4 Å². The lowest BCUT2D eigenvalue weighted by Gasteiger charge is -2.24. The molecule has 1 aliphatic heterocycles. The van der Waals surface area contributed by atoms with Crippen molar-refractivity contribution in [2.45, 2.75) is 38.9 Å². The average molecular weight is 366 g/mol. The van der Waals surface area contributed by atoms with Crippen molar-refractivity contribution in [3.8, 4) is 11.5 Å². The summed E-state index contributed by atoms with van der Waals surface area (Å²) in [5, 5.41) is 4.16. The summed E-state index contributed by atoms with van der Waals surface area (Å²) in [6, 6.07) is 5.31. The van der Waals surface area contributed by atoms with Gasteiger partial charge in [0.2, 0.25) is 0 Å². The van der Waals surface area contributed by atoms with Crippen LogP contribution in [0.4, 0.5) is 0 Å². The molecule has 1 fully saturated rings. The number of hydrogen-bond donors (Lipinski definition) is 2. The first kappa shape index (κ1) is 19.3. The number of rotatable bonds is 5. The third-order valence-electron chi connectivity index (χ3n) is 3.98. The summed E-state index contributed by atoms with van der Waals surface area (Å²) >= 11 is 0. The number of ether oxygens (including phenoxy) is 2. The highest BCUT2D eigenvalue weighted by molar-refractivity contribution is 6.01. The number of nitrogens with one attached hydrogen (secondary N) is 1. The minimum atomic E-state index is -0.530. The van der Waals surface area contributed by atoms with Crippen molar-refractivity contribution in [3.05, 3.63) is 30.0 Å². The number of carbonyl (C=O) groups is 1. The van der Waals surface area contributed by atoms with Gasteiger partial charge in [-0.3, -0.25) is 9.78 Å². The van der Waals surface area contributed by atoms with E-state index in [2.05, 4.69) is 10.3 Å². The molecule has 2 heterocycles. The first-order valence-corrected chi connectivity index (χ1v) is 8.31. The molecule has 0 bridgehead atoms. The average Bonchev–Trinajstić information content (AvgIpc) is 2.55. The maximum atomic E-state index is 11.7. The first-order valence-electron chi connectivity index (χ1n) is 8.31. The van der Waals surface area contributed by atoms with Crippen LogP contribution in [0.25, 0.3) is 10.9 Å². The molecule has 1 saturated heterocycles. The maximum Gasteiger partial charge on any atom is 0.252 e. The second-order valence-corrected chi connectivity index (χ2v) is 6.29. The molecule has 0 radical (unpaired) electrons. The minimum absolute atomic E-state index is 0. The smallest absolute Gasteiger partial charge is 0.252 e. The van der Waals surface area contributed by atoms with Crippen LogP contribution in [0.2, 0.25) is 0 Å². The van der Waals surface area contributed by atoms with E-state index in [4.69, 9.17) is 15.2 Å². The largest absolute Gasteiger partial charge is 0.490 e. The fourth-order valence-electron chi connectivity index (χ4n) is 2.89. The van der Waals surface area contributed by atoms with Gasteiger partial charge in [0.05, 0.1) is 17.2 Å². The van der Waals surface area contributed by atoms with Crippen molar-refractivity contribution in [1.82, 2.24) is 10.3 Å². The molecule has 1 aliphatic rings. The van der Waals surface area contributed by atoms with Crippen molar-refractivity contribution < 1.29 is 14.3 Å². The number of nitrogens with zero attached hydrogens (tertiary/aromatic N) is 1. The Morgan fingerprint density at radius 2 is 2.16 bits per heavy atom. The number of primary amides is 1. The molecule has 1 atom stereocenters. The van der Waals surface area contributed by atoms with E-state index in [0.29, 0.717) is 16.8 Å². The molecular formula is C18H24ClN3O3. The Morgan fingerprint density at radius 3 is 2.80 bits per heavy atom. The number of piperidine rings is 1. The van der Waals surface area contributed by atoms with Gasteiger partial charge < -0.3 is 20.5 Å². The van der Waals surface area contributed by atoms with E-state index < -0.39 is 5.91 Å². The zero-order valence-corrected chi connectivity index (χ0v) is 15.3. The van der Waals surface area contributed by atoms with Crippen molar-refractivity contribution in [2.75, 3.05) is 13.1 Å². The van der Waals surface area contributed by atoms with Crippen LogP contribution in [-0.2, 0) is 0 Å². The van der Waals surface area contributed by atoms with Gasteiger partial charge in [0.25, 0.3) is 5.91 Å². The number of pyridine rings is 1. The molecule has 0 spiro atoms. The van der Waals surface area contributed by atoms with Crippen LogP contribution in [0, 0.1) is 0 Å². The molecule has 0 aliphatic carbocycles. The summed E-state index contributed by atoms with van der Waals surface area (Å²) in [6.45, 7) is 5.68. The van der Waals surface area contributed by atoms with Gasteiger partial charge in [0.1, 0.15) is 17.6 Å². The summed E-state index contributed by atoms with van der Waals surface area (Å²) in [7, 11) is 0. The molecule has 3 N–H and O–H groups in total. The Morgan fingerprint density at radius 1 is 1.36 bits per heavy atom. The van der Waals surface area contributed by atoms with E-state index in [-0.39, 0.29) is 24.6 Å². The number of halogens is 1. The summed E-state index contributed by atoms with van der Waals surface area (Å²) in [6.07, 6.45) is 3.87. The second-order valence-electron chi connectivity index (χ2n) is 6.29. The van der Waals surface area contributed by atoms with Gasteiger partial charge in [0.15, 0.2) is 0 Å². The fourth-order valence-corrected chi connectivity index (χ4v) is 2.89. The SMILES string of the molecule is CC(C)Oc1cc2c(OC3CCCNC3)ccnc2cc1C(N)=O.Cl. The Kier molecular flexibility index (Phi) is 6.45. The molecule has 1 aromatic carbocycles. The van der Waals surface area contributed by atoms with E-state index in [1.807, 2.05) is 19.9 Å². The van der Waals surface area contributed by atoms with Crippen LogP contribution in [0.3, 0.4) is 0 Å². The normalized spacial score (nSPS) is 17.2. The lowest BCUT2D eigenvalue weighted by Crippen LogP contribution is -2.37.